The van der Waals surface area contributed by atoms with Gasteiger partial charge in [0.05, 0.1) is 23.3 Å². The normalized spacial score (nSPS) is 14.2. The van der Waals surface area contributed by atoms with E-state index in [9.17, 15) is 4.79 Å². The molecule has 178 valence electrons. The zero-order valence-electron chi connectivity index (χ0n) is 19.1. The maximum Gasteiger partial charge on any atom is 0.325 e. The number of anilines is 2. The summed E-state index contributed by atoms with van der Waals surface area (Å²) in [6.07, 6.45) is 9.68. The summed E-state index contributed by atoms with van der Waals surface area (Å²) in [6.45, 7) is 2.15. The van der Waals surface area contributed by atoms with Crippen LogP contribution < -0.4 is 11.1 Å². The van der Waals surface area contributed by atoms with Crippen molar-refractivity contribution in [1.29, 1.82) is 0 Å². The number of carbonyl (C=O) groups excluding carboxylic acids is 1. The van der Waals surface area contributed by atoms with Crippen LogP contribution in [0.5, 0.6) is 0 Å². The van der Waals surface area contributed by atoms with Crippen molar-refractivity contribution in [2.24, 2.45) is 0 Å². The second-order valence-electron chi connectivity index (χ2n) is 8.21. The molecule has 0 unspecified atom stereocenters. The van der Waals surface area contributed by atoms with E-state index >= 15 is 0 Å². The monoisotopic (exact) mass is 472 g/mol. The number of nitrogen functional groups attached to an aromatic ring is 1. The van der Waals surface area contributed by atoms with Gasteiger partial charge in [-0.2, -0.15) is 4.98 Å². The van der Waals surface area contributed by atoms with Crippen molar-refractivity contribution in [1.82, 2.24) is 30.1 Å². The molecule has 0 radical (unpaired) electrons. The fourth-order valence-corrected chi connectivity index (χ4v) is 4.02. The fourth-order valence-electron chi connectivity index (χ4n) is 4.02. The van der Waals surface area contributed by atoms with Crippen molar-refractivity contribution in [3.05, 3.63) is 60.4 Å². The van der Waals surface area contributed by atoms with Gasteiger partial charge in [-0.25, -0.2) is 15.0 Å². The molecule has 1 aliphatic rings. The lowest BCUT2D eigenvalue weighted by atomic mass is 9.64. The van der Waals surface area contributed by atoms with Gasteiger partial charge >= 0.3 is 5.97 Å². The van der Waals surface area contributed by atoms with Crippen molar-refractivity contribution in [2.75, 3.05) is 24.2 Å². The predicted molar refractivity (Wildman–Crippen MR) is 127 cm³/mol. The van der Waals surface area contributed by atoms with Crippen LogP contribution in [0.25, 0.3) is 22.7 Å². The molecule has 3 N–H and O–H groups in total. The second kappa shape index (κ2) is 9.45. The van der Waals surface area contributed by atoms with Crippen LogP contribution in [0.4, 0.5) is 11.8 Å². The zero-order valence-corrected chi connectivity index (χ0v) is 19.1. The second-order valence-corrected chi connectivity index (χ2v) is 8.21. The summed E-state index contributed by atoms with van der Waals surface area (Å²) in [6, 6.07) is 7.55. The van der Waals surface area contributed by atoms with E-state index in [2.05, 4.69) is 30.4 Å². The van der Waals surface area contributed by atoms with E-state index in [1.807, 2.05) is 24.4 Å². The molecule has 1 fully saturated rings. The first-order valence-corrected chi connectivity index (χ1v) is 11.3. The molecule has 35 heavy (non-hydrogen) atoms. The number of carbonyl (C=O) groups is 1. The summed E-state index contributed by atoms with van der Waals surface area (Å²) in [5.74, 6) is 1.46. The van der Waals surface area contributed by atoms with Gasteiger partial charge in [0.2, 0.25) is 5.95 Å². The molecule has 0 aliphatic heterocycles. The summed E-state index contributed by atoms with van der Waals surface area (Å²) < 4.78 is 10.5. The molecular weight excluding hydrogens is 448 g/mol. The SMILES string of the molecule is CCOC(=O)CNc1ccc(-c2nc(C3(c4ccc(-c5cnc(N)nc5)nc4)CCC3)no2)cn1. The molecule has 0 aromatic carbocycles. The summed E-state index contributed by atoms with van der Waals surface area (Å²) >= 11 is 0. The van der Waals surface area contributed by atoms with E-state index in [0.29, 0.717) is 29.7 Å². The minimum absolute atomic E-state index is 0.0472. The van der Waals surface area contributed by atoms with Crippen molar-refractivity contribution in [3.63, 3.8) is 0 Å². The van der Waals surface area contributed by atoms with Crippen molar-refractivity contribution < 1.29 is 14.1 Å². The smallest absolute Gasteiger partial charge is 0.325 e. The van der Waals surface area contributed by atoms with Gasteiger partial charge in [-0.3, -0.25) is 9.78 Å². The van der Waals surface area contributed by atoms with E-state index in [4.69, 9.17) is 20.0 Å². The van der Waals surface area contributed by atoms with E-state index in [1.165, 1.54) is 0 Å². The standard InChI is InChI=1S/C24H24N8O3/c1-2-34-20(33)14-28-19-7-4-15(10-27-19)21-31-22(32-35-21)24(8-3-9-24)17-5-6-18(26-13-17)16-11-29-23(25)30-12-16/h4-7,10-13H,2-3,8-9,14H2,1H3,(H,27,28)(H2,25,29,30). The molecule has 4 aromatic heterocycles. The number of aromatic nitrogens is 6. The molecule has 0 spiro atoms. The molecule has 1 saturated carbocycles. The van der Waals surface area contributed by atoms with Crippen molar-refractivity contribution in [3.8, 4) is 22.7 Å². The highest BCUT2D eigenvalue weighted by atomic mass is 16.5. The number of esters is 1. The van der Waals surface area contributed by atoms with Crippen LogP contribution >= 0.6 is 0 Å². The Morgan fingerprint density at radius 3 is 2.49 bits per heavy atom. The Bertz CT molecular complexity index is 1300. The van der Waals surface area contributed by atoms with Crippen molar-refractivity contribution in [2.45, 2.75) is 31.6 Å². The third-order valence-corrected chi connectivity index (χ3v) is 6.07. The summed E-state index contributed by atoms with van der Waals surface area (Å²) in [5.41, 5.74) is 8.52. The summed E-state index contributed by atoms with van der Waals surface area (Å²) in [7, 11) is 0. The quantitative estimate of drug-likeness (QED) is 0.363. The Balaban J connectivity index is 1.32. The van der Waals surface area contributed by atoms with Gasteiger partial charge in [0.25, 0.3) is 5.89 Å². The zero-order chi connectivity index (χ0) is 24.3. The van der Waals surface area contributed by atoms with E-state index in [0.717, 1.165) is 36.1 Å². The molecular formula is C24H24N8O3. The lowest BCUT2D eigenvalue weighted by molar-refractivity contribution is -0.140. The number of nitrogens with zero attached hydrogens (tertiary/aromatic N) is 6. The Morgan fingerprint density at radius 2 is 1.86 bits per heavy atom. The van der Waals surface area contributed by atoms with Gasteiger partial charge in [-0.05, 0) is 43.5 Å². The Labute approximate surface area is 201 Å². The van der Waals surface area contributed by atoms with Gasteiger partial charge < -0.3 is 20.3 Å². The topological polar surface area (TPSA) is 155 Å². The molecule has 4 heterocycles. The lowest BCUT2D eigenvalue weighted by Gasteiger charge is -2.39. The molecule has 0 saturated heterocycles. The largest absolute Gasteiger partial charge is 0.465 e. The minimum atomic E-state index is -0.338. The van der Waals surface area contributed by atoms with Crippen LogP contribution in [0.15, 0.2) is 53.6 Å². The van der Waals surface area contributed by atoms with Crippen LogP contribution in [0, 0.1) is 0 Å². The minimum Gasteiger partial charge on any atom is -0.465 e. The summed E-state index contributed by atoms with van der Waals surface area (Å²) in [5, 5.41) is 7.23. The van der Waals surface area contributed by atoms with E-state index in [-0.39, 0.29) is 23.9 Å². The molecule has 0 atom stereocenters. The highest BCUT2D eigenvalue weighted by Crippen LogP contribution is 2.48. The molecule has 11 heteroatoms. The number of hydrogen-bond acceptors (Lipinski definition) is 11. The van der Waals surface area contributed by atoms with Crippen LogP contribution in [-0.2, 0) is 14.9 Å². The summed E-state index contributed by atoms with van der Waals surface area (Å²) in [4.78, 5) is 33.2. The average Bonchev–Trinajstić information content (AvgIpc) is 3.34. The molecule has 5 rings (SSSR count). The van der Waals surface area contributed by atoms with Gasteiger partial charge in [0.1, 0.15) is 12.4 Å². The van der Waals surface area contributed by atoms with Crippen LogP contribution in [0.3, 0.4) is 0 Å². The van der Waals surface area contributed by atoms with Crippen molar-refractivity contribution >= 4 is 17.7 Å². The molecule has 11 nitrogen and oxygen atoms in total. The Kier molecular flexibility index (Phi) is 6.04. The number of nitrogens with one attached hydrogen (secondary N) is 1. The maximum absolute atomic E-state index is 11.5. The van der Waals surface area contributed by atoms with Gasteiger partial charge in [-0.1, -0.05) is 17.6 Å². The first kappa shape index (κ1) is 22.4. The third kappa shape index (κ3) is 4.52. The predicted octanol–water partition coefficient (Wildman–Crippen LogP) is 3.01. The third-order valence-electron chi connectivity index (χ3n) is 6.07. The Morgan fingerprint density at radius 1 is 1.06 bits per heavy atom. The van der Waals surface area contributed by atoms with E-state index < -0.39 is 0 Å². The van der Waals surface area contributed by atoms with Gasteiger partial charge in [-0.15, -0.1) is 0 Å². The maximum atomic E-state index is 11.5. The number of rotatable bonds is 8. The molecule has 1 aliphatic carbocycles. The molecule has 0 bridgehead atoms. The number of nitrogens with two attached hydrogens (primary N) is 1. The number of hydrogen-bond donors (Lipinski definition) is 2. The van der Waals surface area contributed by atoms with Gasteiger partial charge in [0.15, 0.2) is 5.82 Å². The molecule has 0 amide bonds. The van der Waals surface area contributed by atoms with Crippen LogP contribution in [-0.4, -0.2) is 49.2 Å². The Hall–Kier alpha value is -4.41. The highest BCUT2D eigenvalue weighted by molar-refractivity contribution is 5.74. The number of pyridine rings is 2. The average molecular weight is 473 g/mol. The lowest BCUT2D eigenvalue weighted by Crippen LogP contribution is -2.36. The number of ether oxygens (including phenoxy) is 1. The fraction of sp³-hybridized carbons (Fsp3) is 0.292. The highest BCUT2D eigenvalue weighted by Gasteiger charge is 2.44. The van der Waals surface area contributed by atoms with Gasteiger partial charge in [0, 0.05) is 30.4 Å². The first-order valence-electron chi connectivity index (χ1n) is 11.3. The van der Waals surface area contributed by atoms with Crippen LogP contribution in [0.2, 0.25) is 0 Å². The first-order chi connectivity index (χ1) is 17.1. The van der Waals surface area contributed by atoms with Crippen LogP contribution in [0.1, 0.15) is 37.6 Å². The molecule has 4 aromatic rings. The van der Waals surface area contributed by atoms with E-state index in [1.54, 1.807) is 31.6 Å².